The first-order valence-electron chi connectivity index (χ1n) is 12.9. The lowest BCUT2D eigenvalue weighted by atomic mass is 9.77. The quantitative estimate of drug-likeness (QED) is 0.363. The molecule has 0 radical (unpaired) electrons. The maximum absolute atomic E-state index is 13.9. The number of nitrogens with one attached hydrogen (secondary N) is 1. The van der Waals surface area contributed by atoms with Gasteiger partial charge in [-0.1, -0.05) is 66.9 Å². The zero-order valence-electron chi connectivity index (χ0n) is 21.1. The Bertz CT molecular complexity index is 1380. The number of carbonyl (C=O) groups excluding carboxylic acids is 2. The number of amides is 2. The second-order valence-corrected chi connectivity index (χ2v) is 10.4. The number of halogens is 1. The molecule has 39 heavy (non-hydrogen) atoms. The van der Waals surface area contributed by atoms with Crippen molar-refractivity contribution in [2.75, 3.05) is 0 Å². The van der Waals surface area contributed by atoms with E-state index in [0.717, 1.165) is 12.8 Å². The number of aliphatic hydroxyl groups is 1. The highest BCUT2D eigenvalue weighted by Crippen LogP contribution is 2.46. The van der Waals surface area contributed by atoms with Crippen molar-refractivity contribution in [1.82, 2.24) is 10.4 Å². The van der Waals surface area contributed by atoms with Crippen molar-refractivity contribution in [2.24, 2.45) is 0 Å². The lowest BCUT2D eigenvalue weighted by molar-refractivity contribution is -0.138. The minimum Gasteiger partial charge on any atom is -0.478 e. The normalized spacial score (nSPS) is 22.7. The van der Waals surface area contributed by atoms with E-state index in [1.165, 1.54) is 12.1 Å². The molecule has 3 aromatic carbocycles. The van der Waals surface area contributed by atoms with Crippen LogP contribution in [-0.4, -0.2) is 45.0 Å². The van der Waals surface area contributed by atoms with Crippen molar-refractivity contribution in [3.8, 4) is 0 Å². The van der Waals surface area contributed by atoms with E-state index in [2.05, 4.69) is 5.48 Å². The van der Waals surface area contributed by atoms with Crippen molar-refractivity contribution in [2.45, 2.75) is 56.4 Å². The maximum Gasteiger partial charge on any atom is 0.335 e. The second kappa shape index (κ2) is 11.6. The summed E-state index contributed by atoms with van der Waals surface area (Å²) in [7, 11) is 0. The van der Waals surface area contributed by atoms with Gasteiger partial charge in [0.2, 0.25) is 0 Å². The first kappa shape index (κ1) is 26.9. The Kier molecular flexibility index (Phi) is 7.97. The molecule has 0 saturated heterocycles. The van der Waals surface area contributed by atoms with Gasteiger partial charge < -0.3 is 15.1 Å². The van der Waals surface area contributed by atoms with Crippen molar-refractivity contribution >= 4 is 29.4 Å². The zero-order chi connectivity index (χ0) is 27.5. The minimum atomic E-state index is -1.06. The highest BCUT2D eigenvalue weighted by Gasteiger charge is 2.48. The summed E-state index contributed by atoms with van der Waals surface area (Å²) in [6.07, 6.45) is 2.26. The molecule has 9 heteroatoms. The molecule has 8 nitrogen and oxygen atoms in total. The summed E-state index contributed by atoms with van der Waals surface area (Å²) in [5, 5.41) is 20.7. The van der Waals surface area contributed by atoms with Gasteiger partial charge in [0.1, 0.15) is 0 Å². The molecule has 2 aliphatic rings. The van der Waals surface area contributed by atoms with Crippen molar-refractivity contribution in [1.29, 1.82) is 0 Å². The number of carboxylic acid groups (broad SMARTS) is 1. The van der Waals surface area contributed by atoms with Crippen LogP contribution < -0.4 is 5.48 Å². The summed E-state index contributed by atoms with van der Waals surface area (Å²) in [5.74, 6) is -2.58. The summed E-state index contributed by atoms with van der Waals surface area (Å²) in [6, 6.07) is 19.2. The Hall–Kier alpha value is -3.72. The van der Waals surface area contributed by atoms with E-state index < -0.39 is 36.0 Å². The van der Waals surface area contributed by atoms with E-state index in [4.69, 9.17) is 16.4 Å². The van der Waals surface area contributed by atoms with Gasteiger partial charge in [-0.05, 0) is 59.9 Å². The van der Waals surface area contributed by atoms with Gasteiger partial charge in [-0.2, -0.15) is 0 Å². The van der Waals surface area contributed by atoms with E-state index in [9.17, 15) is 24.6 Å². The molecule has 3 N–H and O–H groups in total. The van der Waals surface area contributed by atoms with Crippen molar-refractivity contribution < 1.29 is 29.4 Å². The first-order chi connectivity index (χ1) is 18.8. The van der Waals surface area contributed by atoms with Crippen LogP contribution in [0.2, 0.25) is 5.02 Å². The summed E-state index contributed by atoms with van der Waals surface area (Å²) in [4.78, 5) is 46.3. The molecule has 3 aromatic rings. The number of hydrogen-bond acceptors (Lipinski definition) is 5. The number of aliphatic hydroxyl groups excluding tert-OH is 1. The maximum atomic E-state index is 13.9. The van der Waals surface area contributed by atoms with Gasteiger partial charge in [-0.3, -0.25) is 14.4 Å². The molecule has 0 unspecified atom stereocenters. The monoisotopic (exact) mass is 548 g/mol. The summed E-state index contributed by atoms with van der Waals surface area (Å²) in [5.41, 5.74) is 4.93. The Morgan fingerprint density at radius 2 is 1.74 bits per heavy atom. The number of fused-ring (bicyclic) bond motifs is 1. The fraction of sp³-hybridized carbons (Fsp3) is 0.300. The van der Waals surface area contributed by atoms with E-state index in [0.29, 0.717) is 40.1 Å². The van der Waals surface area contributed by atoms with Gasteiger partial charge in [-0.15, -0.1) is 0 Å². The molecule has 0 spiro atoms. The number of rotatable bonds is 7. The molecule has 1 aliphatic heterocycles. The average Bonchev–Trinajstić information content (AvgIpc) is 2.94. The number of hydroxylamine groups is 1. The van der Waals surface area contributed by atoms with Gasteiger partial charge in [0.25, 0.3) is 11.8 Å². The fourth-order valence-electron chi connectivity index (χ4n) is 5.68. The molecule has 1 heterocycles. The summed E-state index contributed by atoms with van der Waals surface area (Å²) < 4.78 is 0. The van der Waals surface area contributed by atoms with Crippen LogP contribution in [0.4, 0.5) is 0 Å². The topological polar surface area (TPSA) is 116 Å². The van der Waals surface area contributed by atoms with Gasteiger partial charge >= 0.3 is 5.97 Å². The summed E-state index contributed by atoms with van der Waals surface area (Å²) >= 11 is 6.17. The third kappa shape index (κ3) is 5.54. The highest BCUT2D eigenvalue weighted by molar-refractivity contribution is 6.30. The van der Waals surface area contributed by atoms with E-state index >= 15 is 0 Å². The Morgan fingerprint density at radius 3 is 2.49 bits per heavy atom. The smallest absolute Gasteiger partial charge is 0.335 e. The number of carboxylic acids is 1. The van der Waals surface area contributed by atoms with Crippen LogP contribution >= 0.6 is 11.6 Å². The van der Waals surface area contributed by atoms with E-state index in [-0.39, 0.29) is 18.1 Å². The largest absolute Gasteiger partial charge is 0.478 e. The molecular formula is C30H29ClN2O6. The first-order valence-corrected chi connectivity index (χ1v) is 13.3. The average molecular weight is 549 g/mol. The second-order valence-electron chi connectivity index (χ2n) is 9.95. The molecular weight excluding hydrogens is 520 g/mol. The van der Waals surface area contributed by atoms with Crippen molar-refractivity contribution in [3.63, 3.8) is 0 Å². The van der Waals surface area contributed by atoms with Gasteiger partial charge in [-0.25, -0.2) is 10.3 Å². The van der Waals surface area contributed by atoms with Crippen molar-refractivity contribution in [3.05, 3.63) is 106 Å². The standard InChI is InChI=1S/C30H29ClN2O6/c31-21-14-12-19(13-15-21)27-26(28(35)32-39-17-18-6-5-7-20(16-18)30(37)38)22-8-1-2-9-23(22)29(36)33(27)24-10-3-4-11-25(24)34/h1-2,5-9,12-16,24-27,34H,3-4,10-11,17H2,(H,32,35)(H,37,38)/t24-,25-,26+,27-/m0/s1. The molecule has 202 valence electrons. The molecule has 2 amide bonds. The fourth-order valence-corrected chi connectivity index (χ4v) is 5.80. The lowest BCUT2D eigenvalue weighted by Crippen LogP contribution is -2.55. The number of nitrogens with zero attached hydrogens (tertiary/aromatic N) is 1. The zero-order valence-corrected chi connectivity index (χ0v) is 21.9. The molecule has 1 saturated carbocycles. The number of hydrogen-bond donors (Lipinski definition) is 3. The molecule has 0 aromatic heterocycles. The molecule has 1 fully saturated rings. The van der Waals surface area contributed by atoms with Crippen LogP contribution in [0.3, 0.4) is 0 Å². The summed E-state index contributed by atoms with van der Waals surface area (Å²) in [6.45, 7) is -0.0448. The number of benzene rings is 3. The lowest BCUT2D eigenvalue weighted by Gasteiger charge is -2.48. The molecule has 4 atom stereocenters. The van der Waals surface area contributed by atoms with Crippen LogP contribution in [0.25, 0.3) is 0 Å². The van der Waals surface area contributed by atoms with Crippen LogP contribution in [-0.2, 0) is 16.2 Å². The third-order valence-electron chi connectivity index (χ3n) is 7.51. The van der Waals surface area contributed by atoms with E-state index in [1.807, 2.05) is 0 Å². The molecule has 0 bridgehead atoms. The molecule has 5 rings (SSSR count). The predicted octanol–water partition coefficient (Wildman–Crippen LogP) is 4.87. The van der Waals surface area contributed by atoms with Crippen LogP contribution in [0.15, 0.2) is 72.8 Å². The van der Waals surface area contributed by atoms with E-state index in [1.54, 1.807) is 65.6 Å². The SMILES string of the molecule is O=C(O)c1cccc(CONC(=O)[C@@H]2c3ccccc3C(=O)N([C@H]3CCCC[C@@H]3O)[C@H]2c2ccc(Cl)cc2)c1. The number of carbonyl (C=O) groups is 3. The van der Waals surface area contributed by atoms with Gasteiger partial charge in [0.15, 0.2) is 0 Å². The Balaban J connectivity index is 1.50. The Labute approximate surface area is 231 Å². The molecule has 1 aliphatic carbocycles. The minimum absolute atomic E-state index is 0.0448. The van der Waals surface area contributed by atoms with Gasteiger partial charge in [0, 0.05) is 10.6 Å². The Morgan fingerprint density at radius 1 is 1.00 bits per heavy atom. The van der Waals surface area contributed by atoms with Crippen LogP contribution in [0.5, 0.6) is 0 Å². The van der Waals surface area contributed by atoms with Crippen LogP contribution in [0.1, 0.15) is 75.0 Å². The van der Waals surface area contributed by atoms with Gasteiger partial charge in [0.05, 0.1) is 36.3 Å². The number of aromatic carboxylic acids is 1. The third-order valence-corrected chi connectivity index (χ3v) is 7.76. The predicted molar refractivity (Wildman–Crippen MR) is 144 cm³/mol. The van der Waals surface area contributed by atoms with Crippen LogP contribution in [0, 0.1) is 0 Å². The highest BCUT2D eigenvalue weighted by atomic mass is 35.5.